The number of likely N-dealkylation sites (N-methyl/N-ethyl adjacent to an activating group) is 1. The van der Waals surface area contributed by atoms with Crippen LogP contribution in [0.4, 0.5) is 0 Å². The Labute approximate surface area is 460 Å². The summed E-state index contributed by atoms with van der Waals surface area (Å²) in [6, 6.07) is -0.886. The molecule has 0 aromatic rings. The lowest BCUT2D eigenvalue weighted by molar-refractivity contribution is -0.870. The second-order valence-electron chi connectivity index (χ2n) is 22.7. The van der Waals surface area contributed by atoms with Gasteiger partial charge in [-0.25, -0.2) is 0 Å². The zero-order valence-electron chi connectivity index (χ0n) is 49.5. The molecule has 0 aliphatic heterocycles. The Bertz CT molecular complexity index is 1390. The Morgan fingerprint density at radius 3 is 1.20 bits per heavy atom. The third-order valence-corrected chi connectivity index (χ3v) is 15.2. The Morgan fingerprint density at radius 2 is 0.824 bits per heavy atom. The van der Waals surface area contributed by atoms with E-state index in [1.807, 2.05) is 27.2 Å². The molecule has 434 valence electrons. The minimum atomic E-state index is -4.60. The molecule has 9 heteroatoms. The van der Waals surface area contributed by atoms with E-state index in [-0.39, 0.29) is 19.1 Å². The van der Waals surface area contributed by atoms with Crippen molar-refractivity contribution in [1.82, 2.24) is 5.32 Å². The van der Waals surface area contributed by atoms with Gasteiger partial charge < -0.3 is 28.8 Å². The molecule has 0 aromatic carbocycles. The number of nitrogens with zero attached hydrogens (tertiary/aromatic N) is 1. The van der Waals surface area contributed by atoms with E-state index >= 15 is 0 Å². The number of allylic oxidation sites excluding steroid dienone is 9. The molecule has 74 heavy (non-hydrogen) atoms. The summed E-state index contributed by atoms with van der Waals surface area (Å²) < 4.78 is 23.4. The molecule has 0 saturated heterocycles. The van der Waals surface area contributed by atoms with Crippen LogP contribution in [0.1, 0.15) is 296 Å². The van der Waals surface area contributed by atoms with E-state index < -0.39 is 20.0 Å². The number of phosphoric ester groups is 1. The average molecular weight is 1060 g/mol. The van der Waals surface area contributed by atoms with Crippen LogP contribution < -0.4 is 10.2 Å². The predicted molar refractivity (Wildman–Crippen MR) is 321 cm³/mol. The minimum absolute atomic E-state index is 0.0000943. The van der Waals surface area contributed by atoms with E-state index in [4.69, 9.17) is 9.05 Å². The van der Waals surface area contributed by atoms with Crippen LogP contribution in [0.15, 0.2) is 60.8 Å². The molecule has 3 atom stereocenters. The van der Waals surface area contributed by atoms with Gasteiger partial charge in [0.2, 0.25) is 5.91 Å². The van der Waals surface area contributed by atoms with Crippen molar-refractivity contribution in [2.75, 3.05) is 40.9 Å². The predicted octanol–water partition coefficient (Wildman–Crippen LogP) is 19.0. The van der Waals surface area contributed by atoms with Crippen molar-refractivity contribution in [2.24, 2.45) is 0 Å². The highest BCUT2D eigenvalue weighted by molar-refractivity contribution is 7.45. The van der Waals surface area contributed by atoms with Crippen molar-refractivity contribution in [3.05, 3.63) is 60.8 Å². The molecule has 0 aromatic heterocycles. The Kier molecular flexibility index (Phi) is 54.6. The molecule has 0 heterocycles. The third kappa shape index (κ3) is 57.9. The van der Waals surface area contributed by atoms with Gasteiger partial charge in [-0.3, -0.25) is 9.36 Å². The summed E-state index contributed by atoms with van der Waals surface area (Å²) in [4.78, 5) is 25.5. The molecule has 0 aliphatic rings. The summed E-state index contributed by atoms with van der Waals surface area (Å²) >= 11 is 0. The molecular formula is C65H123N2O6P. The lowest BCUT2D eigenvalue weighted by Gasteiger charge is -2.29. The van der Waals surface area contributed by atoms with E-state index in [2.05, 4.69) is 67.8 Å². The fourth-order valence-corrected chi connectivity index (χ4v) is 10.0. The number of aliphatic hydroxyl groups excluding tert-OH is 1. The monoisotopic (exact) mass is 1060 g/mol. The highest BCUT2D eigenvalue weighted by Crippen LogP contribution is 2.38. The average Bonchev–Trinajstić information content (AvgIpc) is 3.36. The van der Waals surface area contributed by atoms with E-state index in [1.165, 1.54) is 212 Å². The number of carbonyl (C=O) groups is 1. The molecule has 0 radical (unpaired) electrons. The number of carbonyl (C=O) groups excluding carboxylic acids is 1. The van der Waals surface area contributed by atoms with Crippen molar-refractivity contribution >= 4 is 13.7 Å². The normalized spacial score (nSPS) is 14.2. The van der Waals surface area contributed by atoms with Crippen LogP contribution in [-0.2, 0) is 18.4 Å². The third-order valence-electron chi connectivity index (χ3n) is 14.2. The Hall–Kier alpha value is -1.80. The van der Waals surface area contributed by atoms with Crippen LogP contribution in [0.5, 0.6) is 0 Å². The number of rotatable bonds is 58. The lowest BCUT2D eigenvalue weighted by Crippen LogP contribution is -2.45. The topological polar surface area (TPSA) is 108 Å². The van der Waals surface area contributed by atoms with Gasteiger partial charge in [-0.1, -0.05) is 293 Å². The number of nitrogens with one attached hydrogen (secondary N) is 1. The van der Waals surface area contributed by atoms with Gasteiger partial charge in [-0.05, 0) is 57.8 Å². The number of quaternary nitrogens is 1. The summed E-state index contributed by atoms with van der Waals surface area (Å²) in [5.41, 5.74) is 0. The largest absolute Gasteiger partial charge is 0.756 e. The first-order chi connectivity index (χ1) is 36.0. The zero-order valence-corrected chi connectivity index (χ0v) is 50.4. The molecule has 0 rings (SSSR count). The molecule has 8 nitrogen and oxygen atoms in total. The van der Waals surface area contributed by atoms with Crippen molar-refractivity contribution in [2.45, 2.75) is 309 Å². The van der Waals surface area contributed by atoms with E-state index in [1.54, 1.807) is 6.08 Å². The number of hydrogen-bond acceptors (Lipinski definition) is 6. The first-order valence-corrected chi connectivity index (χ1v) is 33.1. The van der Waals surface area contributed by atoms with Crippen LogP contribution >= 0.6 is 7.82 Å². The maximum atomic E-state index is 13.0. The van der Waals surface area contributed by atoms with Gasteiger partial charge in [0.05, 0.1) is 39.9 Å². The quantitative estimate of drug-likeness (QED) is 0.0272. The Morgan fingerprint density at radius 1 is 0.486 bits per heavy atom. The summed E-state index contributed by atoms with van der Waals surface area (Å²) in [5, 5.41) is 13.9. The summed E-state index contributed by atoms with van der Waals surface area (Å²) in [7, 11) is 1.27. The SMILES string of the molecule is CC/C=C\C/C=C\C/C=C\C/C=C\CCCCCCCCCCCCCCCCCCCCCCCCC(=O)NC(COP(=O)([O-])OCC[N+](C)(C)C)C(O)/C=C/CCCCCCCCCCCCCCCCC. The molecular weight excluding hydrogens is 936 g/mol. The minimum Gasteiger partial charge on any atom is -0.756 e. The molecule has 1 amide bonds. The van der Waals surface area contributed by atoms with Crippen LogP contribution in [0.3, 0.4) is 0 Å². The van der Waals surface area contributed by atoms with Crippen LogP contribution in [0, 0.1) is 0 Å². The summed E-state index contributed by atoms with van der Waals surface area (Å²) in [6.07, 6.45) is 76.1. The van der Waals surface area contributed by atoms with Gasteiger partial charge in [0, 0.05) is 6.42 Å². The van der Waals surface area contributed by atoms with E-state index in [0.29, 0.717) is 17.4 Å². The molecule has 2 N–H and O–H groups in total. The van der Waals surface area contributed by atoms with Crippen molar-refractivity contribution in [1.29, 1.82) is 0 Å². The van der Waals surface area contributed by atoms with Crippen molar-refractivity contribution < 1.29 is 32.9 Å². The fraction of sp³-hybridized carbons (Fsp3) is 0.831. The highest BCUT2D eigenvalue weighted by atomic mass is 31.2. The Balaban J connectivity index is 4.00. The molecule has 3 unspecified atom stereocenters. The van der Waals surface area contributed by atoms with E-state index in [0.717, 1.165) is 64.2 Å². The maximum Gasteiger partial charge on any atom is 0.268 e. The number of hydrogen-bond donors (Lipinski definition) is 2. The maximum absolute atomic E-state index is 13.0. The van der Waals surface area contributed by atoms with E-state index in [9.17, 15) is 19.4 Å². The number of amides is 1. The first-order valence-electron chi connectivity index (χ1n) is 31.7. The molecule has 0 aliphatic carbocycles. The summed E-state index contributed by atoms with van der Waals surface area (Å²) in [5.74, 6) is -0.193. The van der Waals surface area contributed by atoms with Crippen LogP contribution in [0.2, 0.25) is 0 Å². The lowest BCUT2D eigenvalue weighted by atomic mass is 10.0. The zero-order chi connectivity index (χ0) is 54.2. The first kappa shape index (κ1) is 72.2. The van der Waals surface area contributed by atoms with Gasteiger partial charge in [0.25, 0.3) is 7.82 Å². The summed E-state index contributed by atoms with van der Waals surface area (Å²) in [6.45, 7) is 4.57. The second kappa shape index (κ2) is 55.9. The standard InChI is InChI=1S/C65H123N2O6P/c1-6-8-10-12-14-16-18-20-22-24-25-26-27-28-29-30-31-32-33-34-35-36-37-38-39-40-41-43-45-47-49-51-53-55-57-59-65(69)66-63(62-73-74(70,71)72-61-60-67(3,4)5)64(68)58-56-54-52-50-48-46-44-42-23-21-19-17-15-13-11-9-7-2/h8,10,14,16,20,22,25-26,56,58,63-64,68H,6-7,9,11-13,15,17-19,21,23-24,27-55,57,59-62H2,1-5H3,(H-,66,69,70,71)/b10-8-,16-14-,22-20-,26-25-,58-56+. The smallest absolute Gasteiger partial charge is 0.268 e. The van der Waals surface area contributed by atoms with Gasteiger partial charge in [-0.2, -0.15) is 0 Å². The number of unbranched alkanes of at least 4 members (excludes halogenated alkanes) is 37. The molecule has 0 bridgehead atoms. The number of aliphatic hydroxyl groups is 1. The fourth-order valence-electron chi connectivity index (χ4n) is 9.32. The van der Waals surface area contributed by atoms with Gasteiger partial charge in [0.15, 0.2) is 0 Å². The van der Waals surface area contributed by atoms with Crippen molar-refractivity contribution in [3.8, 4) is 0 Å². The molecule has 0 fully saturated rings. The van der Waals surface area contributed by atoms with Gasteiger partial charge in [0.1, 0.15) is 13.2 Å². The second-order valence-corrected chi connectivity index (χ2v) is 24.1. The van der Waals surface area contributed by atoms with Crippen LogP contribution in [0.25, 0.3) is 0 Å². The molecule has 0 saturated carbocycles. The van der Waals surface area contributed by atoms with Gasteiger partial charge >= 0.3 is 0 Å². The number of phosphoric acid groups is 1. The van der Waals surface area contributed by atoms with Gasteiger partial charge in [-0.15, -0.1) is 0 Å². The van der Waals surface area contributed by atoms with Crippen LogP contribution in [-0.4, -0.2) is 68.5 Å². The van der Waals surface area contributed by atoms with Crippen molar-refractivity contribution in [3.63, 3.8) is 0 Å². The molecule has 0 spiro atoms. The highest BCUT2D eigenvalue weighted by Gasteiger charge is 2.23.